The molecule has 0 atom stereocenters. The molecule has 42 heavy (non-hydrogen) atoms. The number of sulfone groups is 1. The number of nitrogens with zero attached hydrogens (tertiary/aromatic N) is 1. The highest BCUT2D eigenvalue weighted by atomic mass is 32.2. The van der Waals surface area contributed by atoms with E-state index in [0.29, 0.717) is 24.8 Å². The number of phenolic OH excluding ortho intramolecular Hbond substituents is 1. The Labute approximate surface area is 246 Å². The third kappa shape index (κ3) is 11.0. The summed E-state index contributed by atoms with van der Waals surface area (Å²) in [5, 5.41) is 9.95. The van der Waals surface area contributed by atoms with Gasteiger partial charge in [-0.05, 0) is 124 Å². The van der Waals surface area contributed by atoms with Gasteiger partial charge in [0.1, 0.15) is 15.7 Å². The summed E-state index contributed by atoms with van der Waals surface area (Å²) in [5.74, 6) is -1.72. The number of benzene rings is 2. The van der Waals surface area contributed by atoms with E-state index in [1.54, 1.807) is 18.2 Å². The molecule has 0 saturated heterocycles. The first-order valence-corrected chi connectivity index (χ1v) is 16.6. The maximum Gasteiger partial charge on any atom is 0.389 e. The average Bonchev–Trinajstić information content (AvgIpc) is 3.10. The fraction of sp³-hybridized carbons (Fsp3) is 0.562. The van der Waals surface area contributed by atoms with Crippen LogP contribution < -0.4 is 0 Å². The van der Waals surface area contributed by atoms with Crippen LogP contribution in [0.25, 0.3) is 11.1 Å². The molecule has 1 aliphatic carbocycles. The van der Waals surface area contributed by atoms with E-state index in [1.165, 1.54) is 18.2 Å². The van der Waals surface area contributed by atoms with Gasteiger partial charge in [0.15, 0.2) is 11.6 Å². The van der Waals surface area contributed by atoms with E-state index >= 15 is 0 Å². The molecule has 0 aliphatic heterocycles. The topological polar surface area (TPSA) is 57.6 Å². The van der Waals surface area contributed by atoms with Crippen molar-refractivity contribution in [3.8, 4) is 5.75 Å². The second-order valence-electron chi connectivity index (χ2n) is 11.3. The van der Waals surface area contributed by atoms with Gasteiger partial charge in [-0.3, -0.25) is 0 Å². The van der Waals surface area contributed by atoms with Gasteiger partial charge in [0.2, 0.25) is 0 Å². The monoisotopic (exact) mass is 615 g/mol. The molecule has 0 saturated carbocycles. The average molecular weight is 616 g/mol. The molecule has 0 unspecified atom stereocenters. The number of hydrogen-bond acceptors (Lipinski definition) is 4. The Hall–Kier alpha value is -2.46. The molecule has 1 N–H and O–H groups in total. The second-order valence-corrected chi connectivity index (χ2v) is 13.6. The fourth-order valence-corrected chi connectivity index (χ4v) is 7.03. The first-order valence-electron chi connectivity index (χ1n) is 14.8. The van der Waals surface area contributed by atoms with Gasteiger partial charge in [-0.25, -0.2) is 17.2 Å². The molecule has 1 aliphatic rings. The van der Waals surface area contributed by atoms with Crippen LogP contribution in [0.3, 0.4) is 0 Å². The van der Waals surface area contributed by atoms with Gasteiger partial charge in [0.05, 0.1) is 11.5 Å². The zero-order valence-electron chi connectivity index (χ0n) is 24.3. The lowest BCUT2D eigenvalue weighted by molar-refractivity contribution is -0.134. The Morgan fingerprint density at radius 1 is 0.833 bits per heavy atom. The van der Waals surface area contributed by atoms with Crippen LogP contribution in [0.4, 0.5) is 22.0 Å². The summed E-state index contributed by atoms with van der Waals surface area (Å²) in [5.41, 5.74) is 4.45. The summed E-state index contributed by atoms with van der Waals surface area (Å²) < 4.78 is 89.1. The van der Waals surface area contributed by atoms with Gasteiger partial charge in [0, 0.05) is 6.42 Å². The minimum atomic E-state index is -4.33. The smallest absolute Gasteiger partial charge is 0.389 e. The number of phenols is 1. The molecule has 0 amide bonds. The third-order valence-electron chi connectivity index (χ3n) is 7.84. The number of fused-ring (bicyclic) bond motifs is 1. The number of aromatic hydroxyl groups is 1. The van der Waals surface area contributed by atoms with E-state index in [2.05, 4.69) is 4.90 Å². The second kappa shape index (κ2) is 15.8. The fourth-order valence-electron chi connectivity index (χ4n) is 5.59. The first kappa shape index (κ1) is 34.0. The zero-order chi connectivity index (χ0) is 30.8. The molecule has 10 heteroatoms. The maximum absolute atomic E-state index is 14.8. The summed E-state index contributed by atoms with van der Waals surface area (Å²) in [7, 11) is -1.48. The highest BCUT2D eigenvalue weighted by molar-refractivity contribution is 7.91. The molecule has 0 heterocycles. The van der Waals surface area contributed by atoms with Crippen molar-refractivity contribution in [2.75, 3.05) is 31.6 Å². The normalized spacial score (nSPS) is 14.4. The van der Waals surface area contributed by atoms with Gasteiger partial charge >= 0.3 is 6.18 Å². The lowest BCUT2D eigenvalue weighted by Gasteiger charge is -2.18. The van der Waals surface area contributed by atoms with Crippen LogP contribution in [0, 0.1) is 11.6 Å². The van der Waals surface area contributed by atoms with Crippen molar-refractivity contribution >= 4 is 21.0 Å². The Kier molecular flexibility index (Phi) is 12.8. The number of halogens is 5. The molecule has 2 aromatic carbocycles. The van der Waals surface area contributed by atoms with E-state index in [0.717, 1.165) is 80.3 Å². The summed E-state index contributed by atoms with van der Waals surface area (Å²) in [4.78, 5) is 2.14. The molecular weight excluding hydrogens is 573 g/mol. The standard InChI is InChI=1S/C32H42F5NO3S/c1-38(21-6-7-22-42(40,41)23-9-19-32(35,36)37)20-5-3-2-4-10-27-26(24-13-15-25(33)16-14-24)11-8-12-29-28(27)17-18-30(39)31(29)34/h13-18,39H,2-12,19-23H2,1H3. The molecule has 0 spiro atoms. The van der Waals surface area contributed by atoms with Crippen LogP contribution in [0.5, 0.6) is 5.75 Å². The van der Waals surface area contributed by atoms with Crippen molar-refractivity contribution < 1.29 is 35.5 Å². The summed E-state index contributed by atoms with van der Waals surface area (Å²) in [6.45, 7) is 1.58. The number of allylic oxidation sites excluding steroid dienone is 2. The van der Waals surface area contributed by atoms with E-state index in [9.17, 15) is 35.5 Å². The zero-order valence-corrected chi connectivity index (χ0v) is 25.1. The van der Waals surface area contributed by atoms with Crippen molar-refractivity contribution in [3.63, 3.8) is 0 Å². The lowest BCUT2D eigenvalue weighted by atomic mass is 9.89. The van der Waals surface area contributed by atoms with Crippen molar-refractivity contribution in [2.24, 2.45) is 0 Å². The van der Waals surface area contributed by atoms with Gasteiger partial charge in [-0.2, -0.15) is 13.2 Å². The van der Waals surface area contributed by atoms with Crippen molar-refractivity contribution in [2.45, 2.75) is 83.2 Å². The lowest BCUT2D eigenvalue weighted by Crippen LogP contribution is -2.22. The summed E-state index contributed by atoms with van der Waals surface area (Å²) in [6, 6.07) is 9.62. The Bertz CT molecular complexity index is 1290. The molecule has 0 bridgehead atoms. The van der Waals surface area contributed by atoms with Gasteiger partial charge in [0.25, 0.3) is 0 Å². The van der Waals surface area contributed by atoms with Crippen LogP contribution in [0.1, 0.15) is 87.3 Å². The molecule has 234 valence electrons. The first-order chi connectivity index (χ1) is 19.9. The van der Waals surface area contributed by atoms with E-state index in [1.807, 2.05) is 7.05 Å². The molecule has 0 radical (unpaired) electrons. The molecule has 0 fully saturated rings. The molecular formula is C32H42F5NO3S. The number of hydrogen-bond donors (Lipinski definition) is 1. The SMILES string of the molecule is CN(CCCCCCC1=C(c2ccc(F)cc2)CCCc2c1ccc(O)c2F)CCCCS(=O)(=O)CCCC(F)(F)F. The van der Waals surface area contributed by atoms with Gasteiger partial charge in [-0.15, -0.1) is 0 Å². The Morgan fingerprint density at radius 3 is 2.17 bits per heavy atom. The largest absolute Gasteiger partial charge is 0.505 e. The van der Waals surface area contributed by atoms with Crippen LogP contribution in [-0.2, 0) is 16.3 Å². The van der Waals surface area contributed by atoms with Crippen LogP contribution >= 0.6 is 0 Å². The minimum Gasteiger partial charge on any atom is -0.505 e. The molecule has 3 rings (SSSR count). The molecule has 0 aromatic heterocycles. The predicted octanol–water partition coefficient (Wildman–Crippen LogP) is 8.34. The van der Waals surface area contributed by atoms with Crippen LogP contribution in [0.15, 0.2) is 36.4 Å². The third-order valence-corrected chi connectivity index (χ3v) is 9.66. The summed E-state index contributed by atoms with van der Waals surface area (Å²) >= 11 is 0. The van der Waals surface area contributed by atoms with Crippen LogP contribution in [-0.4, -0.2) is 56.2 Å². The molecule has 4 nitrogen and oxygen atoms in total. The van der Waals surface area contributed by atoms with Crippen molar-refractivity contribution in [3.05, 3.63) is 64.7 Å². The quantitative estimate of drug-likeness (QED) is 0.152. The highest BCUT2D eigenvalue weighted by Crippen LogP contribution is 2.41. The summed E-state index contributed by atoms with van der Waals surface area (Å²) in [6.07, 6.45) is 1.91. The van der Waals surface area contributed by atoms with Crippen LogP contribution in [0.2, 0.25) is 0 Å². The van der Waals surface area contributed by atoms with Gasteiger partial charge in [-0.1, -0.05) is 31.0 Å². The van der Waals surface area contributed by atoms with E-state index in [4.69, 9.17) is 0 Å². The van der Waals surface area contributed by atoms with E-state index < -0.39 is 34.0 Å². The van der Waals surface area contributed by atoms with Gasteiger partial charge < -0.3 is 10.0 Å². The highest BCUT2D eigenvalue weighted by Gasteiger charge is 2.27. The number of unbranched alkanes of at least 4 members (excludes halogenated alkanes) is 4. The van der Waals surface area contributed by atoms with Crippen molar-refractivity contribution in [1.29, 1.82) is 0 Å². The Balaban J connectivity index is 1.45. The number of rotatable bonds is 16. The van der Waals surface area contributed by atoms with E-state index in [-0.39, 0.29) is 23.7 Å². The Morgan fingerprint density at radius 2 is 1.48 bits per heavy atom. The maximum atomic E-state index is 14.8. The minimum absolute atomic E-state index is 0.0822. The predicted molar refractivity (Wildman–Crippen MR) is 158 cm³/mol. The van der Waals surface area contributed by atoms with Crippen molar-refractivity contribution in [1.82, 2.24) is 4.90 Å². The molecule has 2 aromatic rings. The number of alkyl halides is 3.